The highest BCUT2D eigenvalue weighted by Crippen LogP contribution is 2.39. The van der Waals surface area contributed by atoms with Crippen molar-refractivity contribution in [2.45, 2.75) is 13.8 Å². The Kier molecular flexibility index (Phi) is 3.13. The molecule has 0 spiro atoms. The van der Waals surface area contributed by atoms with Crippen LogP contribution in [0.5, 0.6) is 0 Å². The summed E-state index contributed by atoms with van der Waals surface area (Å²) >= 11 is 0. The zero-order chi connectivity index (χ0) is 17.8. The van der Waals surface area contributed by atoms with Crippen LogP contribution in [-0.4, -0.2) is 14.5 Å². The molecule has 0 fully saturated rings. The summed E-state index contributed by atoms with van der Waals surface area (Å²) < 4.78 is 2.15. The van der Waals surface area contributed by atoms with E-state index in [-0.39, 0.29) is 0 Å². The lowest BCUT2D eigenvalue weighted by atomic mass is 9.97. The Bertz CT molecular complexity index is 1170. The Morgan fingerprint density at radius 1 is 0.654 bits per heavy atom. The molecule has 0 aliphatic carbocycles. The molecule has 0 saturated carbocycles. The minimum absolute atomic E-state index is 1.18. The number of aromatic amines is 2. The number of benzene rings is 2. The van der Waals surface area contributed by atoms with Gasteiger partial charge in [0.15, 0.2) is 0 Å². The molecule has 5 aromatic rings. The second kappa shape index (κ2) is 5.40. The first kappa shape index (κ1) is 15.1. The van der Waals surface area contributed by atoms with Gasteiger partial charge in [0.1, 0.15) is 0 Å². The van der Waals surface area contributed by atoms with E-state index in [1.807, 2.05) is 0 Å². The molecule has 0 atom stereocenters. The van der Waals surface area contributed by atoms with E-state index in [4.69, 9.17) is 0 Å². The molecule has 2 aromatic carbocycles. The SMILES string of the molecule is Cc1ccc2[nH]cc(-c3cn(C)cc3-c3c[nH]c4ccc(C)cc34)c2c1. The average molecular weight is 339 g/mol. The minimum Gasteiger partial charge on any atom is -0.361 e. The fraction of sp³-hybridized carbons (Fsp3) is 0.130. The molecule has 0 aliphatic heterocycles. The predicted molar refractivity (Wildman–Crippen MR) is 109 cm³/mol. The highest BCUT2D eigenvalue weighted by molar-refractivity contribution is 6.04. The number of hydrogen-bond donors (Lipinski definition) is 2. The molecule has 128 valence electrons. The monoisotopic (exact) mass is 339 g/mol. The first-order valence-corrected chi connectivity index (χ1v) is 8.92. The van der Waals surface area contributed by atoms with Crippen molar-refractivity contribution in [3.8, 4) is 22.3 Å². The number of H-pyrrole nitrogens is 2. The zero-order valence-corrected chi connectivity index (χ0v) is 15.2. The highest BCUT2D eigenvalue weighted by Gasteiger charge is 2.16. The van der Waals surface area contributed by atoms with Gasteiger partial charge in [0.25, 0.3) is 0 Å². The maximum atomic E-state index is 3.42. The van der Waals surface area contributed by atoms with E-state index in [1.165, 1.54) is 55.2 Å². The van der Waals surface area contributed by atoms with Crippen molar-refractivity contribution in [1.29, 1.82) is 0 Å². The van der Waals surface area contributed by atoms with Crippen molar-refractivity contribution >= 4 is 21.8 Å². The molecular weight excluding hydrogens is 318 g/mol. The quantitative estimate of drug-likeness (QED) is 0.399. The summed E-state index contributed by atoms with van der Waals surface area (Å²) in [7, 11) is 2.09. The fourth-order valence-electron chi connectivity index (χ4n) is 3.93. The van der Waals surface area contributed by atoms with Gasteiger partial charge in [-0.15, -0.1) is 0 Å². The molecule has 3 aromatic heterocycles. The van der Waals surface area contributed by atoms with Gasteiger partial charge in [-0.2, -0.15) is 0 Å². The van der Waals surface area contributed by atoms with Crippen molar-refractivity contribution in [1.82, 2.24) is 14.5 Å². The van der Waals surface area contributed by atoms with Gasteiger partial charge >= 0.3 is 0 Å². The standard InChI is InChI=1S/C23H21N3/c1-14-4-6-22-16(8-14)18(10-24-22)20-12-26(3)13-21(20)19-11-25-23-7-5-15(2)9-17(19)23/h4-13,24-25H,1-3H3. The van der Waals surface area contributed by atoms with E-state index < -0.39 is 0 Å². The van der Waals surface area contributed by atoms with Crippen molar-refractivity contribution in [2.75, 3.05) is 0 Å². The molecule has 3 nitrogen and oxygen atoms in total. The Morgan fingerprint density at radius 2 is 1.12 bits per heavy atom. The smallest absolute Gasteiger partial charge is 0.0460 e. The molecule has 0 radical (unpaired) electrons. The van der Waals surface area contributed by atoms with Crippen LogP contribution >= 0.6 is 0 Å². The summed E-state index contributed by atoms with van der Waals surface area (Å²) in [6.07, 6.45) is 8.69. The van der Waals surface area contributed by atoms with Gasteiger partial charge in [-0.1, -0.05) is 23.3 Å². The molecule has 3 heterocycles. The third kappa shape index (κ3) is 2.21. The lowest BCUT2D eigenvalue weighted by molar-refractivity contribution is 0.929. The third-order valence-corrected chi connectivity index (χ3v) is 5.21. The van der Waals surface area contributed by atoms with E-state index in [0.717, 1.165) is 0 Å². The Labute approximate surface area is 152 Å². The zero-order valence-electron chi connectivity index (χ0n) is 15.2. The first-order valence-electron chi connectivity index (χ1n) is 8.92. The molecule has 5 rings (SSSR count). The molecule has 3 heteroatoms. The number of rotatable bonds is 2. The normalized spacial score (nSPS) is 11.7. The van der Waals surface area contributed by atoms with Crippen molar-refractivity contribution in [3.05, 3.63) is 72.3 Å². The summed E-state index contributed by atoms with van der Waals surface area (Å²) in [6.45, 7) is 4.29. The largest absolute Gasteiger partial charge is 0.361 e. The lowest BCUT2D eigenvalue weighted by Crippen LogP contribution is -1.79. The predicted octanol–water partition coefficient (Wildman–Crippen LogP) is 5.94. The van der Waals surface area contributed by atoms with Crippen LogP contribution in [0.1, 0.15) is 11.1 Å². The molecular formula is C23H21N3. The first-order chi connectivity index (χ1) is 12.6. The van der Waals surface area contributed by atoms with Gasteiger partial charge < -0.3 is 14.5 Å². The summed E-state index contributed by atoms with van der Waals surface area (Å²) in [6, 6.07) is 13.1. The van der Waals surface area contributed by atoms with Crippen LogP contribution in [-0.2, 0) is 7.05 Å². The average Bonchev–Trinajstić information content (AvgIpc) is 3.30. The van der Waals surface area contributed by atoms with Crippen LogP contribution in [0.4, 0.5) is 0 Å². The maximum absolute atomic E-state index is 3.42. The molecule has 0 bridgehead atoms. The second-order valence-corrected chi connectivity index (χ2v) is 7.25. The lowest BCUT2D eigenvalue weighted by Gasteiger charge is -2.04. The number of fused-ring (bicyclic) bond motifs is 2. The topological polar surface area (TPSA) is 36.5 Å². The van der Waals surface area contributed by atoms with E-state index in [9.17, 15) is 0 Å². The van der Waals surface area contributed by atoms with Gasteiger partial charge in [0, 0.05) is 75.9 Å². The van der Waals surface area contributed by atoms with Crippen LogP contribution in [0, 0.1) is 13.8 Å². The number of nitrogens with one attached hydrogen (secondary N) is 2. The second-order valence-electron chi connectivity index (χ2n) is 7.25. The number of aryl methyl sites for hydroxylation is 3. The molecule has 0 amide bonds. The van der Waals surface area contributed by atoms with Crippen LogP contribution < -0.4 is 0 Å². The van der Waals surface area contributed by atoms with Crippen molar-refractivity contribution in [2.24, 2.45) is 7.05 Å². The molecule has 0 saturated heterocycles. The Morgan fingerprint density at radius 3 is 1.58 bits per heavy atom. The van der Waals surface area contributed by atoms with Crippen LogP contribution in [0.25, 0.3) is 44.1 Å². The number of aromatic nitrogens is 3. The number of hydrogen-bond acceptors (Lipinski definition) is 0. The molecule has 2 N–H and O–H groups in total. The van der Waals surface area contributed by atoms with Crippen molar-refractivity contribution in [3.63, 3.8) is 0 Å². The van der Waals surface area contributed by atoms with Gasteiger partial charge in [-0.05, 0) is 38.1 Å². The van der Waals surface area contributed by atoms with Gasteiger partial charge in [-0.25, -0.2) is 0 Å². The van der Waals surface area contributed by atoms with Gasteiger partial charge in [0.05, 0.1) is 0 Å². The fourth-order valence-corrected chi connectivity index (χ4v) is 3.93. The summed E-state index contributed by atoms with van der Waals surface area (Å²) in [5.74, 6) is 0. The third-order valence-electron chi connectivity index (χ3n) is 5.21. The van der Waals surface area contributed by atoms with Gasteiger partial charge in [-0.3, -0.25) is 0 Å². The summed E-state index contributed by atoms with van der Waals surface area (Å²) in [5, 5.41) is 2.54. The summed E-state index contributed by atoms with van der Waals surface area (Å²) in [5.41, 5.74) is 9.92. The number of nitrogens with zero attached hydrogens (tertiary/aromatic N) is 1. The minimum atomic E-state index is 1.18. The molecule has 26 heavy (non-hydrogen) atoms. The molecule has 0 aliphatic rings. The summed E-state index contributed by atoms with van der Waals surface area (Å²) in [4.78, 5) is 6.85. The Balaban J connectivity index is 1.79. The maximum Gasteiger partial charge on any atom is 0.0460 e. The highest BCUT2D eigenvalue weighted by atomic mass is 14.9. The van der Waals surface area contributed by atoms with Crippen LogP contribution in [0.3, 0.4) is 0 Å². The Hall–Kier alpha value is -3.20. The van der Waals surface area contributed by atoms with E-state index in [0.29, 0.717) is 0 Å². The van der Waals surface area contributed by atoms with Crippen LogP contribution in [0.2, 0.25) is 0 Å². The van der Waals surface area contributed by atoms with E-state index >= 15 is 0 Å². The van der Waals surface area contributed by atoms with Crippen LogP contribution in [0.15, 0.2) is 61.2 Å². The van der Waals surface area contributed by atoms with Gasteiger partial charge in [0.2, 0.25) is 0 Å². The molecule has 0 unspecified atom stereocenters. The van der Waals surface area contributed by atoms with Crippen molar-refractivity contribution < 1.29 is 0 Å². The van der Waals surface area contributed by atoms with E-state index in [1.54, 1.807) is 0 Å². The van der Waals surface area contributed by atoms with E-state index in [2.05, 4.69) is 96.6 Å².